The molecule has 26 heteroatoms. The third-order valence-electron chi connectivity index (χ3n) is 16.5. The summed E-state index contributed by atoms with van der Waals surface area (Å²) < 4.78 is 34.1. The van der Waals surface area contributed by atoms with Crippen LogP contribution >= 0.6 is 71.5 Å². The van der Waals surface area contributed by atoms with Gasteiger partial charge in [-0.05, 0) is 183 Å². The summed E-state index contributed by atoms with van der Waals surface area (Å²) in [5.74, 6) is 0.935. The Morgan fingerprint density at radius 2 is 0.848 bits per heavy atom. The molecule has 0 aliphatic carbocycles. The average Bonchev–Trinajstić information content (AvgIpc) is 1.50. The molecule has 0 aromatic heterocycles. The van der Waals surface area contributed by atoms with Gasteiger partial charge < -0.3 is 58.7 Å². The van der Waals surface area contributed by atoms with Gasteiger partial charge in [0.2, 0.25) is 22.4 Å². The van der Waals surface area contributed by atoms with E-state index in [2.05, 4.69) is 22.8 Å². The number of benzene rings is 6. The second-order valence-electron chi connectivity index (χ2n) is 22.4. The van der Waals surface area contributed by atoms with Crippen LogP contribution in [0.5, 0.6) is 34.5 Å². The van der Waals surface area contributed by atoms with E-state index in [9.17, 15) is 39.3 Å². The first-order valence-corrected chi connectivity index (χ1v) is 32.0. The zero-order chi connectivity index (χ0) is 64.0. The molecule has 6 aromatic carbocycles. The Morgan fingerprint density at radius 3 is 1.25 bits per heavy atom. The molecular weight excluding hydrogens is 1290 g/mol. The average molecular weight is 1350 g/mol. The molecule has 2 unspecified atom stereocenters. The van der Waals surface area contributed by atoms with Crippen molar-refractivity contribution in [3.05, 3.63) is 169 Å². The predicted octanol–water partition coefficient (Wildman–Crippen LogP) is 13.6. The number of thioether (sulfide) groups is 4. The number of para-hydroxylation sites is 4. The molecule has 6 heterocycles. The number of piperazine rings is 2. The van der Waals surface area contributed by atoms with Gasteiger partial charge in [0.25, 0.3) is 34.1 Å². The quantitative estimate of drug-likeness (QED) is 0.121. The largest absolute Gasteiger partial charge is 0.454 e. The fourth-order valence-electron chi connectivity index (χ4n) is 12.0. The van der Waals surface area contributed by atoms with Gasteiger partial charge >= 0.3 is 0 Å². The van der Waals surface area contributed by atoms with Crippen LogP contribution < -0.4 is 39.1 Å². The number of hydrogen-bond donors (Lipinski definition) is 2. The van der Waals surface area contributed by atoms with Gasteiger partial charge in [0.05, 0.1) is 35.1 Å². The summed E-state index contributed by atoms with van der Waals surface area (Å²) in [4.78, 5) is 84.8. The summed E-state index contributed by atoms with van der Waals surface area (Å²) >= 11 is 14.5. The highest BCUT2D eigenvalue weighted by Gasteiger charge is 2.74. The third kappa shape index (κ3) is 12.3. The van der Waals surface area contributed by atoms with E-state index < -0.39 is 76.5 Å². The van der Waals surface area contributed by atoms with Crippen LogP contribution in [0.2, 0.25) is 0 Å². The Labute approximate surface area is 560 Å². The molecule has 2 N–H and O–H groups in total. The van der Waals surface area contributed by atoms with Crippen molar-refractivity contribution >= 4 is 126 Å². The zero-order valence-electron chi connectivity index (χ0n) is 49.0. The normalized spacial score (nSPS) is 26.1. The Morgan fingerprint density at radius 1 is 0.500 bits per heavy atom. The van der Waals surface area contributed by atoms with Gasteiger partial charge in [0, 0.05) is 38.3 Å². The Kier molecular flexibility index (Phi) is 19.6. The smallest absolute Gasteiger partial charge is 0.286 e. The number of ether oxygens (including phenoxy) is 6. The number of nitrogens with zero attached hydrogens (tertiary/aromatic N) is 6. The monoisotopic (exact) mass is 1350 g/mol. The highest BCUT2D eigenvalue weighted by Crippen LogP contribution is 2.65. The summed E-state index contributed by atoms with van der Waals surface area (Å²) in [6.07, 6.45) is -0.159. The minimum absolute atomic E-state index is 0. The first-order chi connectivity index (χ1) is 43.0. The maximum Gasteiger partial charge on any atom is 0.286 e. The van der Waals surface area contributed by atoms with Crippen LogP contribution in [-0.4, -0.2) is 110 Å². The molecule has 0 spiro atoms. The van der Waals surface area contributed by atoms with Gasteiger partial charge in [0.15, 0.2) is 42.5 Å². The summed E-state index contributed by atoms with van der Waals surface area (Å²) in [6, 6.07) is 48.7. The highest BCUT2D eigenvalue weighted by molar-refractivity contribution is 8.24. The van der Waals surface area contributed by atoms with Gasteiger partial charge in [-0.1, -0.05) is 99.8 Å². The molecule has 4 saturated heterocycles. The summed E-state index contributed by atoms with van der Waals surface area (Å²) in [7, 11) is 2.99. The van der Waals surface area contributed by atoms with Crippen LogP contribution in [0.3, 0.4) is 0 Å². The van der Waals surface area contributed by atoms with E-state index in [0.717, 1.165) is 23.5 Å². The Hall–Kier alpha value is -8.50. The van der Waals surface area contributed by atoms with Crippen LogP contribution in [0.1, 0.15) is 78.6 Å². The third-order valence-corrected chi connectivity index (χ3v) is 21.6. The second kappa shape index (κ2) is 26.6. The molecule has 6 aliphatic heterocycles. The lowest BCUT2D eigenvalue weighted by atomic mass is 9.79. The molecule has 0 saturated carbocycles. The van der Waals surface area contributed by atoms with Crippen molar-refractivity contribution in [2.45, 2.75) is 87.0 Å². The van der Waals surface area contributed by atoms with Gasteiger partial charge in [-0.15, -0.1) is 0 Å². The second-order valence-corrected chi connectivity index (χ2v) is 28.8. The molecule has 6 aromatic rings. The summed E-state index contributed by atoms with van der Waals surface area (Å²) in [5.41, 5.74) is -0.362. The number of amides is 6. The molecule has 8 atom stereocenters. The Bertz CT molecular complexity index is 3730. The number of fused-ring (bicyclic) bond motifs is 4. The number of carbonyl (C=O) groups is 6. The van der Waals surface area contributed by atoms with Crippen molar-refractivity contribution in [3.8, 4) is 46.6 Å². The number of carbonyl (C=O) groups excluding carboxylic acids is 6. The zero-order valence-corrected chi connectivity index (χ0v) is 53.9. The number of thiocarbonyl (C=S) groups is 2. The molecule has 476 valence electrons. The van der Waals surface area contributed by atoms with Crippen LogP contribution in [0.15, 0.2) is 158 Å². The van der Waals surface area contributed by atoms with E-state index in [4.69, 9.17) is 52.9 Å². The standard InChI is InChI=1S/C32H29N5O6S2.C32H27N3O6S4.2CH4/c1-30(18-33)17-32(45-29(41)35-22-12-8-5-9-13-22)27(39)36(3)31(2,44-28(40)34-21-10-6-4-7-11-21)26(38)37(32)25(30)20-14-15-23-24(16-20)43-19-42-23;1-30(18-33)17-32(45-29(43)41-22-12-8-5-9-13-22)27(37)34(3)31(2,44-28(42)40-21-10-6-4-7-11-21)26(36)35(32)25(30)20-14-15-23-24(16-20)39-19-38-23;;/h4-16,25H,17,19H2,1-3H3,(H,34,40)(H,35,41);4-16,25H,17,19H2,1-3H3;2*1H4/t2*25?,30-,31+,32+;;/m11../s1. The molecular formula is C66H64N8O12S6. The first-order valence-electron chi connectivity index (χ1n) is 27.9. The molecule has 92 heavy (non-hydrogen) atoms. The van der Waals surface area contributed by atoms with Crippen molar-refractivity contribution in [2.75, 3.05) is 38.3 Å². The lowest BCUT2D eigenvalue weighted by molar-refractivity contribution is -0.163. The van der Waals surface area contributed by atoms with E-state index in [-0.39, 0.29) is 50.0 Å². The highest BCUT2D eigenvalue weighted by atomic mass is 32.2. The van der Waals surface area contributed by atoms with Gasteiger partial charge in [-0.25, -0.2) is 0 Å². The predicted molar refractivity (Wildman–Crippen MR) is 363 cm³/mol. The van der Waals surface area contributed by atoms with Crippen LogP contribution in [0.25, 0.3) is 0 Å². The van der Waals surface area contributed by atoms with Crippen molar-refractivity contribution in [3.63, 3.8) is 0 Å². The van der Waals surface area contributed by atoms with E-state index in [1.165, 1.54) is 33.6 Å². The van der Waals surface area contributed by atoms with E-state index >= 15 is 0 Å². The van der Waals surface area contributed by atoms with Crippen LogP contribution in [0, 0.1) is 33.5 Å². The molecule has 6 amide bonds. The van der Waals surface area contributed by atoms with E-state index in [1.54, 1.807) is 167 Å². The summed E-state index contributed by atoms with van der Waals surface area (Å²) in [5, 5.41) is 25.7. The molecule has 12 rings (SSSR count). The number of anilines is 2. The maximum absolute atomic E-state index is 15.0. The topological polar surface area (TPSA) is 242 Å². The van der Waals surface area contributed by atoms with Gasteiger partial charge in [-0.2, -0.15) is 10.5 Å². The fraction of sp³-hybridized carbons (Fsp3) is 0.303. The van der Waals surface area contributed by atoms with E-state index in [0.29, 0.717) is 80.5 Å². The van der Waals surface area contributed by atoms with E-state index in [1.807, 2.05) is 18.2 Å². The van der Waals surface area contributed by atoms with Crippen molar-refractivity contribution < 1.29 is 57.2 Å². The maximum atomic E-state index is 15.0. The molecule has 0 radical (unpaired) electrons. The van der Waals surface area contributed by atoms with Crippen LogP contribution in [0.4, 0.5) is 21.0 Å². The minimum Gasteiger partial charge on any atom is -0.454 e. The fourth-order valence-corrected chi connectivity index (χ4v) is 17.5. The van der Waals surface area contributed by atoms with Gasteiger partial charge in [0.1, 0.15) is 11.5 Å². The molecule has 6 aliphatic rings. The minimum atomic E-state index is -1.80. The van der Waals surface area contributed by atoms with Crippen molar-refractivity contribution in [1.29, 1.82) is 10.5 Å². The van der Waals surface area contributed by atoms with Crippen molar-refractivity contribution in [2.24, 2.45) is 10.8 Å². The van der Waals surface area contributed by atoms with Gasteiger partial charge in [-0.3, -0.25) is 28.8 Å². The van der Waals surface area contributed by atoms with Crippen LogP contribution in [-0.2, 0) is 19.2 Å². The van der Waals surface area contributed by atoms with Crippen molar-refractivity contribution in [1.82, 2.24) is 19.6 Å². The molecule has 0 bridgehead atoms. The molecule has 20 nitrogen and oxygen atoms in total. The number of hydrogen-bond acceptors (Lipinski definition) is 20. The number of nitriles is 2. The first kappa shape index (κ1) is 67.9. The SMILES string of the molecule is C.C.CN1C(=O)[C@@]2(SC(=O)Nc3ccccc3)C[C@](C)(C#N)C(c3ccc4c(c3)OCO4)N2C(=O)[C@]1(C)SC(=O)Nc1ccccc1.CN1C(=O)[C@@]2(SC(=S)Oc3ccccc3)C[C@](C)(C#N)C(c3ccc4c(c3)OCO4)N2C(=O)[C@]1(C)SC(=S)Oc1ccccc1. The number of rotatable bonds is 10. The lowest BCUT2D eigenvalue weighted by Crippen LogP contribution is -2.71. The molecule has 4 fully saturated rings. The number of likely N-dealkylation sites (N-methyl/N-ethyl adjacent to an activating group) is 2. The lowest BCUT2D eigenvalue weighted by Gasteiger charge is -2.52. The summed E-state index contributed by atoms with van der Waals surface area (Å²) in [6.45, 7) is 6.63. The number of nitrogens with one attached hydrogen (secondary N) is 2. The Balaban J connectivity index is 0.000000213.